The number of non-ortho nitro benzene ring substituents is 1. The first-order valence-electron chi connectivity index (χ1n) is 10.8. The van der Waals surface area contributed by atoms with Gasteiger partial charge >= 0.3 is 0 Å². The van der Waals surface area contributed by atoms with Crippen molar-refractivity contribution in [2.75, 3.05) is 5.01 Å². The number of allylic oxidation sites excluding steroid dienone is 1. The maximum Gasteiger partial charge on any atom is 0.269 e. The van der Waals surface area contributed by atoms with Gasteiger partial charge in [0, 0.05) is 18.1 Å². The Bertz CT molecular complexity index is 1240. The van der Waals surface area contributed by atoms with E-state index >= 15 is 0 Å². The number of benzene rings is 3. The fourth-order valence-electron chi connectivity index (χ4n) is 4.70. The Morgan fingerprint density at radius 3 is 2.21 bits per heavy atom. The van der Waals surface area contributed by atoms with Crippen LogP contribution in [0.1, 0.15) is 36.4 Å². The Labute approximate surface area is 189 Å². The van der Waals surface area contributed by atoms with Gasteiger partial charge in [0.15, 0.2) is 0 Å². The van der Waals surface area contributed by atoms with E-state index in [4.69, 9.17) is 5.10 Å². The molecule has 2 atom stereocenters. The zero-order chi connectivity index (χ0) is 22.9. The van der Waals surface area contributed by atoms with Gasteiger partial charge in [-0.05, 0) is 78.4 Å². The molecule has 0 N–H and O–H groups in total. The second-order valence-corrected chi connectivity index (χ2v) is 8.32. The van der Waals surface area contributed by atoms with Gasteiger partial charge in [-0.15, -0.1) is 0 Å². The van der Waals surface area contributed by atoms with Gasteiger partial charge in [-0.1, -0.05) is 24.3 Å². The van der Waals surface area contributed by atoms with Gasteiger partial charge in [-0.25, -0.2) is 8.78 Å². The minimum absolute atomic E-state index is 0.0123. The smallest absolute Gasteiger partial charge is 0.258 e. The lowest BCUT2D eigenvalue weighted by Crippen LogP contribution is -2.28. The number of fused-ring (bicyclic) bond motifs is 1. The molecular weight excluding hydrogens is 424 g/mol. The van der Waals surface area contributed by atoms with E-state index in [0.29, 0.717) is 0 Å². The minimum atomic E-state index is -0.430. The van der Waals surface area contributed by atoms with Crippen molar-refractivity contribution in [3.8, 4) is 0 Å². The molecule has 0 radical (unpaired) electrons. The Hall–Kier alpha value is -3.87. The molecule has 5 nitrogen and oxygen atoms in total. The van der Waals surface area contributed by atoms with Gasteiger partial charge in [0.1, 0.15) is 11.6 Å². The number of hydrogen-bond acceptors (Lipinski definition) is 4. The van der Waals surface area contributed by atoms with Crippen LogP contribution in [0.15, 0.2) is 83.5 Å². The van der Waals surface area contributed by atoms with Crippen LogP contribution in [0, 0.1) is 27.7 Å². The lowest BCUT2D eigenvalue weighted by atomic mass is 9.77. The number of nitro groups is 1. The summed E-state index contributed by atoms with van der Waals surface area (Å²) < 4.78 is 27.0. The Balaban J connectivity index is 1.58. The monoisotopic (exact) mass is 445 g/mol. The van der Waals surface area contributed by atoms with Crippen LogP contribution < -0.4 is 5.01 Å². The molecule has 33 heavy (non-hydrogen) atoms. The quantitative estimate of drug-likeness (QED) is 0.333. The predicted octanol–water partition coefficient (Wildman–Crippen LogP) is 6.67. The summed E-state index contributed by atoms with van der Waals surface area (Å²) >= 11 is 0. The van der Waals surface area contributed by atoms with Gasteiger partial charge in [0.25, 0.3) is 5.69 Å². The van der Waals surface area contributed by atoms with Crippen LogP contribution in [-0.4, -0.2) is 10.6 Å². The Morgan fingerprint density at radius 1 is 0.939 bits per heavy atom. The highest BCUT2D eigenvalue weighted by Gasteiger charge is 2.41. The number of hydrazone groups is 1. The van der Waals surface area contributed by atoms with E-state index in [1.54, 1.807) is 36.4 Å². The molecule has 0 spiro atoms. The Kier molecular flexibility index (Phi) is 5.46. The number of rotatable bonds is 4. The first-order valence-corrected chi connectivity index (χ1v) is 10.8. The molecule has 1 saturated carbocycles. The maximum atomic E-state index is 13.6. The van der Waals surface area contributed by atoms with Gasteiger partial charge in [0.2, 0.25) is 0 Å². The van der Waals surface area contributed by atoms with E-state index in [9.17, 15) is 18.9 Å². The van der Waals surface area contributed by atoms with Gasteiger partial charge < -0.3 is 0 Å². The first kappa shape index (κ1) is 21.0. The van der Waals surface area contributed by atoms with Crippen LogP contribution >= 0.6 is 0 Å². The van der Waals surface area contributed by atoms with Crippen molar-refractivity contribution in [2.24, 2.45) is 11.0 Å². The summed E-state index contributed by atoms with van der Waals surface area (Å²) in [5, 5.41) is 18.0. The number of hydrogen-bond donors (Lipinski definition) is 0. The highest BCUT2D eigenvalue weighted by atomic mass is 19.1. The van der Waals surface area contributed by atoms with E-state index < -0.39 is 4.92 Å². The third-order valence-electron chi connectivity index (χ3n) is 6.25. The van der Waals surface area contributed by atoms with Crippen molar-refractivity contribution in [1.82, 2.24) is 0 Å². The fourth-order valence-corrected chi connectivity index (χ4v) is 4.70. The molecule has 0 saturated heterocycles. The van der Waals surface area contributed by atoms with E-state index in [2.05, 4.69) is 0 Å². The molecule has 2 aliphatic rings. The first-order chi connectivity index (χ1) is 16.0. The van der Waals surface area contributed by atoms with Crippen LogP contribution in [0.4, 0.5) is 20.2 Å². The molecule has 166 valence electrons. The molecule has 0 aromatic heterocycles. The third-order valence-corrected chi connectivity index (χ3v) is 6.25. The third kappa shape index (κ3) is 4.14. The largest absolute Gasteiger partial charge is 0.269 e. The standard InChI is InChI=1S/C26H21F2N3O2/c27-20-8-4-17(5-9-20)16-19-2-1-3-24-25(19)29-30(22-12-14-23(15-13-22)31(32)33)26(24)18-6-10-21(28)11-7-18/h4-16,24,26H,1-3H2/b19-16-/t24-,26+/m1/s1. The van der Waals surface area contributed by atoms with Crippen molar-refractivity contribution in [3.63, 3.8) is 0 Å². The van der Waals surface area contributed by atoms with Crippen molar-refractivity contribution < 1.29 is 13.7 Å². The zero-order valence-electron chi connectivity index (χ0n) is 17.7. The molecule has 5 rings (SSSR count). The average Bonchev–Trinajstić information content (AvgIpc) is 3.22. The molecule has 3 aromatic carbocycles. The molecule has 0 bridgehead atoms. The second-order valence-electron chi connectivity index (χ2n) is 8.32. The maximum absolute atomic E-state index is 13.6. The summed E-state index contributed by atoms with van der Waals surface area (Å²) in [7, 11) is 0. The molecule has 0 amide bonds. The lowest BCUT2D eigenvalue weighted by Gasteiger charge is -2.30. The van der Waals surface area contributed by atoms with Gasteiger partial charge in [-0.2, -0.15) is 5.10 Å². The summed E-state index contributed by atoms with van der Waals surface area (Å²) in [5.41, 5.74) is 4.63. The number of nitro benzene ring substituents is 1. The van der Waals surface area contributed by atoms with Crippen molar-refractivity contribution in [2.45, 2.75) is 25.3 Å². The molecule has 7 heteroatoms. The van der Waals surface area contributed by atoms with Crippen LogP contribution in [0.25, 0.3) is 6.08 Å². The van der Waals surface area contributed by atoms with E-state index in [1.165, 1.54) is 36.4 Å². The van der Waals surface area contributed by atoms with Gasteiger partial charge in [0.05, 0.1) is 22.4 Å². The van der Waals surface area contributed by atoms with Crippen molar-refractivity contribution in [1.29, 1.82) is 0 Å². The second kappa shape index (κ2) is 8.58. The van der Waals surface area contributed by atoms with Crippen molar-refractivity contribution >= 4 is 23.2 Å². The van der Waals surface area contributed by atoms with Gasteiger partial charge in [-0.3, -0.25) is 15.1 Å². The molecule has 0 unspecified atom stereocenters. The van der Waals surface area contributed by atoms with E-state index in [0.717, 1.165) is 47.4 Å². The van der Waals surface area contributed by atoms with Crippen molar-refractivity contribution in [3.05, 3.63) is 111 Å². The minimum Gasteiger partial charge on any atom is -0.258 e. The van der Waals surface area contributed by atoms with E-state index in [-0.39, 0.29) is 29.3 Å². The number of anilines is 1. The highest BCUT2D eigenvalue weighted by molar-refractivity contribution is 6.08. The summed E-state index contributed by atoms with van der Waals surface area (Å²) in [6.07, 6.45) is 4.80. The average molecular weight is 445 g/mol. The number of nitrogens with zero attached hydrogens (tertiary/aromatic N) is 3. The lowest BCUT2D eigenvalue weighted by molar-refractivity contribution is -0.384. The summed E-state index contributed by atoms with van der Waals surface area (Å²) in [6, 6.07) is 19.0. The molecular formula is C26H21F2N3O2. The molecule has 1 aliphatic heterocycles. The normalized spacial score (nSPS) is 21.1. The van der Waals surface area contributed by atoms with Crippen LogP contribution in [-0.2, 0) is 0 Å². The van der Waals surface area contributed by atoms with Crippen LogP contribution in [0.2, 0.25) is 0 Å². The Morgan fingerprint density at radius 2 is 1.58 bits per heavy atom. The topological polar surface area (TPSA) is 58.7 Å². The molecule has 1 heterocycles. The zero-order valence-corrected chi connectivity index (χ0v) is 17.7. The highest BCUT2D eigenvalue weighted by Crippen LogP contribution is 2.46. The van der Waals surface area contributed by atoms with Crippen LogP contribution in [0.3, 0.4) is 0 Å². The van der Waals surface area contributed by atoms with Crippen LogP contribution in [0.5, 0.6) is 0 Å². The summed E-state index contributed by atoms with van der Waals surface area (Å²) in [5.74, 6) is -0.496. The summed E-state index contributed by atoms with van der Waals surface area (Å²) in [4.78, 5) is 10.7. The summed E-state index contributed by atoms with van der Waals surface area (Å²) in [6.45, 7) is 0. The van der Waals surface area contributed by atoms with E-state index in [1.807, 2.05) is 11.1 Å². The molecule has 1 aliphatic carbocycles. The fraction of sp³-hybridized carbons (Fsp3) is 0.192. The molecule has 1 fully saturated rings. The molecule has 3 aromatic rings. The number of halogens is 2. The SMILES string of the molecule is O=[N+]([O-])c1ccc(N2N=C3/C(=C\c4ccc(F)cc4)CCC[C@H]3[C@@H]2c2ccc(F)cc2)cc1. The predicted molar refractivity (Wildman–Crippen MR) is 124 cm³/mol.